The number of nitrogens with one attached hydrogen (secondary N) is 2. The average molecular weight is 508 g/mol. The summed E-state index contributed by atoms with van der Waals surface area (Å²) in [6.07, 6.45) is 8.46. The van der Waals surface area contributed by atoms with Crippen LogP contribution in [0.15, 0.2) is 4.99 Å². The Morgan fingerprint density at radius 1 is 1.14 bits per heavy atom. The number of hydrogen-bond acceptors (Lipinski definition) is 3. The molecular formula is C21H42IN5O. The Kier molecular flexibility index (Phi) is 13.1. The minimum absolute atomic E-state index is 0. The van der Waals surface area contributed by atoms with E-state index >= 15 is 0 Å². The highest BCUT2D eigenvalue weighted by molar-refractivity contribution is 14.0. The number of halogens is 1. The van der Waals surface area contributed by atoms with Crippen molar-refractivity contribution in [1.29, 1.82) is 0 Å². The minimum atomic E-state index is 0. The lowest BCUT2D eigenvalue weighted by Crippen LogP contribution is -2.51. The number of piperazine rings is 1. The highest BCUT2D eigenvalue weighted by Crippen LogP contribution is 2.28. The van der Waals surface area contributed by atoms with Crippen LogP contribution in [-0.4, -0.2) is 73.5 Å². The summed E-state index contributed by atoms with van der Waals surface area (Å²) >= 11 is 0. The SMILES string of the molecule is CCCCCC(C)NC(=NCCN1CCN(C(=O)C2CCC2)CC1)NCC.I. The first-order valence-electron chi connectivity index (χ1n) is 11.2. The maximum absolute atomic E-state index is 12.3. The monoisotopic (exact) mass is 507 g/mol. The molecule has 2 rings (SSSR count). The fraction of sp³-hybridized carbons (Fsp3) is 0.905. The number of guanidine groups is 1. The molecule has 0 radical (unpaired) electrons. The number of carbonyl (C=O) groups is 1. The lowest BCUT2D eigenvalue weighted by atomic mass is 9.84. The second-order valence-electron chi connectivity index (χ2n) is 8.10. The van der Waals surface area contributed by atoms with Gasteiger partial charge in [-0.3, -0.25) is 14.7 Å². The number of hydrogen-bond donors (Lipinski definition) is 2. The maximum Gasteiger partial charge on any atom is 0.225 e. The zero-order chi connectivity index (χ0) is 19.5. The number of nitrogens with zero attached hydrogens (tertiary/aromatic N) is 3. The van der Waals surface area contributed by atoms with Gasteiger partial charge in [-0.05, 0) is 33.1 Å². The van der Waals surface area contributed by atoms with Crippen molar-refractivity contribution in [3.05, 3.63) is 0 Å². The van der Waals surface area contributed by atoms with E-state index in [1.54, 1.807) is 0 Å². The molecule has 0 spiro atoms. The van der Waals surface area contributed by atoms with Gasteiger partial charge >= 0.3 is 0 Å². The third kappa shape index (κ3) is 8.84. The van der Waals surface area contributed by atoms with E-state index in [4.69, 9.17) is 4.99 Å². The van der Waals surface area contributed by atoms with Crippen molar-refractivity contribution < 1.29 is 4.79 Å². The van der Waals surface area contributed by atoms with Gasteiger partial charge in [0.1, 0.15) is 0 Å². The summed E-state index contributed by atoms with van der Waals surface area (Å²) in [4.78, 5) is 21.6. The van der Waals surface area contributed by atoms with Crippen molar-refractivity contribution in [3.8, 4) is 0 Å². The topological polar surface area (TPSA) is 60.0 Å². The molecule has 0 aromatic carbocycles. The van der Waals surface area contributed by atoms with Gasteiger partial charge in [-0.2, -0.15) is 0 Å². The predicted molar refractivity (Wildman–Crippen MR) is 128 cm³/mol. The zero-order valence-corrected chi connectivity index (χ0v) is 20.5. The Morgan fingerprint density at radius 3 is 2.43 bits per heavy atom. The first kappa shape index (κ1) is 25.5. The van der Waals surface area contributed by atoms with Gasteiger partial charge in [0.15, 0.2) is 5.96 Å². The molecule has 1 saturated carbocycles. The van der Waals surface area contributed by atoms with Gasteiger partial charge in [0.2, 0.25) is 5.91 Å². The van der Waals surface area contributed by atoms with E-state index in [0.29, 0.717) is 17.9 Å². The van der Waals surface area contributed by atoms with Crippen LogP contribution in [0.2, 0.25) is 0 Å². The van der Waals surface area contributed by atoms with Gasteiger partial charge < -0.3 is 15.5 Å². The lowest BCUT2D eigenvalue weighted by Gasteiger charge is -2.38. The van der Waals surface area contributed by atoms with Crippen molar-refractivity contribution in [3.63, 3.8) is 0 Å². The molecule has 1 heterocycles. The largest absolute Gasteiger partial charge is 0.357 e. The molecular weight excluding hydrogens is 465 g/mol. The fourth-order valence-electron chi connectivity index (χ4n) is 3.73. The third-order valence-corrected chi connectivity index (χ3v) is 5.79. The van der Waals surface area contributed by atoms with Crippen LogP contribution in [0.3, 0.4) is 0 Å². The van der Waals surface area contributed by atoms with Gasteiger partial charge in [0.05, 0.1) is 6.54 Å². The molecule has 1 amide bonds. The molecule has 28 heavy (non-hydrogen) atoms. The Bertz CT molecular complexity index is 462. The van der Waals surface area contributed by atoms with Gasteiger partial charge in [-0.15, -0.1) is 24.0 Å². The molecule has 1 aliphatic carbocycles. The van der Waals surface area contributed by atoms with E-state index in [0.717, 1.165) is 64.6 Å². The summed E-state index contributed by atoms with van der Waals surface area (Å²) in [7, 11) is 0. The summed E-state index contributed by atoms with van der Waals surface area (Å²) in [5.74, 6) is 1.66. The summed E-state index contributed by atoms with van der Waals surface area (Å²) < 4.78 is 0. The van der Waals surface area contributed by atoms with Crippen molar-refractivity contribution in [2.45, 2.75) is 71.8 Å². The van der Waals surface area contributed by atoms with E-state index in [9.17, 15) is 4.79 Å². The number of unbranched alkanes of at least 4 members (excludes halogenated alkanes) is 2. The molecule has 2 N–H and O–H groups in total. The molecule has 0 bridgehead atoms. The van der Waals surface area contributed by atoms with Crippen molar-refractivity contribution in [2.24, 2.45) is 10.9 Å². The standard InChI is InChI=1S/C21H41N5O.HI/c1-4-6-7-9-18(3)24-21(22-5-2)23-12-13-25-14-16-26(17-15-25)20(27)19-10-8-11-19;/h18-19H,4-17H2,1-3H3,(H2,22,23,24);1H. The number of aliphatic imine (C=N–C) groups is 1. The quantitative estimate of drug-likeness (QED) is 0.207. The first-order chi connectivity index (χ1) is 13.1. The predicted octanol–water partition coefficient (Wildman–Crippen LogP) is 3.07. The fourth-order valence-corrected chi connectivity index (χ4v) is 3.73. The van der Waals surface area contributed by atoms with Gasteiger partial charge in [0, 0.05) is 51.2 Å². The molecule has 164 valence electrons. The van der Waals surface area contributed by atoms with Crippen LogP contribution < -0.4 is 10.6 Å². The third-order valence-electron chi connectivity index (χ3n) is 5.79. The van der Waals surface area contributed by atoms with E-state index in [1.807, 2.05) is 0 Å². The van der Waals surface area contributed by atoms with Crippen LogP contribution in [-0.2, 0) is 4.79 Å². The summed E-state index contributed by atoms with van der Waals surface area (Å²) in [5, 5.41) is 6.89. The molecule has 1 aliphatic heterocycles. The second-order valence-corrected chi connectivity index (χ2v) is 8.10. The summed E-state index contributed by atoms with van der Waals surface area (Å²) in [6.45, 7) is 13.0. The van der Waals surface area contributed by atoms with Crippen LogP contribution >= 0.6 is 24.0 Å². The normalized spacial score (nSPS) is 19.5. The first-order valence-corrected chi connectivity index (χ1v) is 11.2. The Morgan fingerprint density at radius 2 is 1.86 bits per heavy atom. The highest BCUT2D eigenvalue weighted by Gasteiger charge is 2.30. The zero-order valence-electron chi connectivity index (χ0n) is 18.2. The van der Waals surface area contributed by atoms with Crippen LogP contribution in [0.4, 0.5) is 0 Å². The molecule has 2 fully saturated rings. The molecule has 6 nitrogen and oxygen atoms in total. The maximum atomic E-state index is 12.3. The molecule has 0 aromatic heterocycles. The van der Waals surface area contributed by atoms with Crippen LogP contribution in [0.1, 0.15) is 65.7 Å². The lowest BCUT2D eigenvalue weighted by molar-refractivity contribution is -0.139. The van der Waals surface area contributed by atoms with E-state index in [1.165, 1.54) is 32.1 Å². The van der Waals surface area contributed by atoms with E-state index in [2.05, 4.69) is 41.2 Å². The van der Waals surface area contributed by atoms with E-state index < -0.39 is 0 Å². The number of rotatable bonds is 10. The van der Waals surface area contributed by atoms with Crippen molar-refractivity contribution >= 4 is 35.8 Å². The number of carbonyl (C=O) groups excluding carboxylic acids is 1. The van der Waals surface area contributed by atoms with Crippen LogP contribution in [0.5, 0.6) is 0 Å². The summed E-state index contributed by atoms with van der Waals surface area (Å²) in [6, 6.07) is 0.454. The Hall–Kier alpha value is -0.570. The molecule has 1 unspecified atom stereocenters. The molecule has 1 saturated heterocycles. The Balaban J connectivity index is 0.00000392. The molecule has 1 atom stereocenters. The van der Waals surface area contributed by atoms with Crippen LogP contribution in [0, 0.1) is 5.92 Å². The average Bonchev–Trinajstić information content (AvgIpc) is 2.61. The van der Waals surface area contributed by atoms with E-state index in [-0.39, 0.29) is 24.0 Å². The van der Waals surface area contributed by atoms with Crippen LogP contribution in [0.25, 0.3) is 0 Å². The molecule has 0 aromatic rings. The number of amides is 1. The minimum Gasteiger partial charge on any atom is -0.357 e. The van der Waals surface area contributed by atoms with Gasteiger partial charge in [-0.25, -0.2) is 0 Å². The van der Waals surface area contributed by atoms with Crippen molar-refractivity contribution in [1.82, 2.24) is 20.4 Å². The summed E-state index contributed by atoms with van der Waals surface area (Å²) in [5.41, 5.74) is 0. The Labute approximate surface area is 189 Å². The smallest absolute Gasteiger partial charge is 0.225 e. The van der Waals surface area contributed by atoms with Gasteiger partial charge in [0.25, 0.3) is 0 Å². The van der Waals surface area contributed by atoms with Crippen molar-refractivity contribution in [2.75, 3.05) is 45.8 Å². The van der Waals surface area contributed by atoms with Gasteiger partial charge in [-0.1, -0.05) is 32.6 Å². The highest BCUT2D eigenvalue weighted by atomic mass is 127. The second kappa shape index (κ2) is 14.4. The molecule has 7 heteroatoms. The molecule has 2 aliphatic rings.